The third-order valence-corrected chi connectivity index (χ3v) is 4.41. The van der Waals surface area contributed by atoms with Crippen molar-refractivity contribution < 1.29 is 13.9 Å². The Balaban J connectivity index is 1.71. The Labute approximate surface area is 124 Å². The van der Waals surface area contributed by atoms with Gasteiger partial charge in [-0.05, 0) is 44.7 Å². The Morgan fingerprint density at radius 2 is 1.95 bits per heavy atom. The molecule has 2 aliphatic rings. The molecule has 3 atom stereocenters. The number of piperidine rings is 1. The van der Waals surface area contributed by atoms with Gasteiger partial charge in [-0.3, -0.25) is 4.79 Å². The largest absolute Gasteiger partial charge is 0.478 e. The summed E-state index contributed by atoms with van der Waals surface area (Å²) in [5.74, 6) is -0.350. The monoisotopic (exact) mass is 289 g/mol. The zero-order valence-electron chi connectivity index (χ0n) is 12.2. The van der Waals surface area contributed by atoms with E-state index < -0.39 is 11.9 Å². The van der Waals surface area contributed by atoms with E-state index in [2.05, 4.69) is 6.58 Å². The van der Waals surface area contributed by atoms with Crippen LogP contribution in [-0.4, -0.2) is 29.0 Å². The van der Waals surface area contributed by atoms with Crippen LogP contribution in [0, 0.1) is 5.82 Å². The van der Waals surface area contributed by atoms with Crippen LogP contribution in [0.5, 0.6) is 5.75 Å². The maximum atomic E-state index is 13.6. The van der Waals surface area contributed by atoms with Gasteiger partial charge >= 0.3 is 0 Å². The Morgan fingerprint density at radius 1 is 1.33 bits per heavy atom. The first-order valence-electron chi connectivity index (χ1n) is 7.46. The fourth-order valence-corrected chi connectivity index (χ4v) is 3.46. The summed E-state index contributed by atoms with van der Waals surface area (Å²) in [6.07, 6.45) is 3.16. The first-order chi connectivity index (χ1) is 10.1. The molecule has 21 heavy (non-hydrogen) atoms. The van der Waals surface area contributed by atoms with Gasteiger partial charge < -0.3 is 9.64 Å². The van der Waals surface area contributed by atoms with Crippen LogP contribution >= 0.6 is 0 Å². The number of halogens is 1. The van der Waals surface area contributed by atoms with E-state index >= 15 is 0 Å². The van der Waals surface area contributed by atoms with Crippen LogP contribution in [0.25, 0.3) is 0 Å². The second-order valence-electron chi connectivity index (χ2n) is 5.98. The summed E-state index contributed by atoms with van der Waals surface area (Å²) in [5.41, 5.74) is 1.23. The molecule has 2 bridgehead atoms. The van der Waals surface area contributed by atoms with Crippen LogP contribution in [0.4, 0.5) is 4.39 Å². The highest BCUT2D eigenvalue weighted by Gasteiger charge is 2.42. The molecule has 3 rings (SSSR count). The zero-order valence-corrected chi connectivity index (χ0v) is 12.2. The van der Waals surface area contributed by atoms with Crippen LogP contribution < -0.4 is 4.74 Å². The molecule has 0 aromatic heterocycles. The van der Waals surface area contributed by atoms with Gasteiger partial charge in [0, 0.05) is 12.1 Å². The fraction of sp³-hybridized carbons (Fsp3) is 0.471. The van der Waals surface area contributed by atoms with E-state index in [0.717, 1.165) is 25.7 Å². The molecule has 2 saturated heterocycles. The molecular formula is C17H20FNO2. The third-order valence-electron chi connectivity index (χ3n) is 4.41. The zero-order chi connectivity index (χ0) is 15.0. The standard InChI is InChI=1S/C17H20FNO2/c1-11-9-13-7-8-14(10-11)19(13)17(20)12(2)21-16-6-4-3-5-15(16)18/h3-6,12-14H,1,7-10H2,2H3. The molecule has 3 unspecified atom stereocenters. The lowest BCUT2D eigenvalue weighted by molar-refractivity contribution is -0.141. The van der Waals surface area contributed by atoms with E-state index in [9.17, 15) is 9.18 Å². The van der Waals surface area contributed by atoms with Gasteiger partial charge in [0.15, 0.2) is 17.7 Å². The minimum Gasteiger partial charge on any atom is -0.478 e. The number of hydrogen-bond acceptors (Lipinski definition) is 2. The van der Waals surface area contributed by atoms with Gasteiger partial charge in [0.25, 0.3) is 5.91 Å². The van der Waals surface area contributed by atoms with Crippen molar-refractivity contribution in [3.05, 3.63) is 42.2 Å². The number of amides is 1. The highest BCUT2D eigenvalue weighted by atomic mass is 19.1. The highest BCUT2D eigenvalue weighted by molar-refractivity contribution is 5.82. The van der Waals surface area contributed by atoms with E-state index in [0.29, 0.717) is 0 Å². The predicted octanol–water partition coefficient (Wildman–Crippen LogP) is 3.30. The van der Waals surface area contributed by atoms with E-state index in [4.69, 9.17) is 4.74 Å². The van der Waals surface area contributed by atoms with Crippen LogP contribution in [-0.2, 0) is 4.79 Å². The molecule has 0 spiro atoms. The number of carbonyl (C=O) groups is 1. The lowest BCUT2D eigenvalue weighted by Gasteiger charge is -2.37. The molecule has 1 aromatic rings. The average Bonchev–Trinajstić information content (AvgIpc) is 2.72. The van der Waals surface area contributed by atoms with Crippen LogP contribution in [0.3, 0.4) is 0 Å². The van der Waals surface area contributed by atoms with Crippen molar-refractivity contribution >= 4 is 5.91 Å². The average molecular weight is 289 g/mol. The summed E-state index contributed by atoms with van der Waals surface area (Å²) in [6.45, 7) is 5.75. The van der Waals surface area contributed by atoms with Crippen molar-refractivity contribution in [1.82, 2.24) is 4.90 Å². The number of nitrogens with zero attached hydrogens (tertiary/aromatic N) is 1. The van der Waals surface area contributed by atoms with E-state index in [1.54, 1.807) is 25.1 Å². The van der Waals surface area contributed by atoms with Gasteiger partial charge in [0.05, 0.1) is 0 Å². The van der Waals surface area contributed by atoms with Crippen LogP contribution in [0.1, 0.15) is 32.6 Å². The number of rotatable bonds is 3. The maximum absolute atomic E-state index is 13.6. The van der Waals surface area contributed by atoms with Crippen molar-refractivity contribution in [1.29, 1.82) is 0 Å². The Bertz CT molecular complexity index is 556. The van der Waals surface area contributed by atoms with Crippen LogP contribution in [0.2, 0.25) is 0 Å². The third kappa shape index (κ3) is 2.67. The predicted molar refractivity (Wildman–Crippen MR) is 78.5 cm³/mol. The lowest BCUT2D eigenvalue weighted by atomic mass is 9.97. The van der Waals surface area contributed by atoms with Crippen LogP contribution in [0.15, 0.2) is 36.4 Å². The highest BCUT2D eigenvalue weighted by Crippen LogP contribution is 2.38. The molecule has 0 aliphatic carbocycles. The molecule has 3 nitrogen and oxygen atoms in total. The Hall–Kier alpha value is -1.84. The van der Waals surface area contributed by atoms with Gasteiger partial charge in [-0.25, -0.2) is 4.39 Å². The summed E-state index contributed by atoms with van der Waals surface area (Å²) < 4.78 is 19.1. The summed E-state index contributed by atoms with van der Waals surface area (Å²) in [7, 11) is 0. The van der Waals surface area contributed by atoms with Crippen molar-refractivity contribution in [2.24, 2.45) is 0 Å². The first-order valence-corrected chi connectivity index (χ1v) is 7.46. The smallest absolute Gasteiger partial charge is 0.263 e. The molecular weight excluding hydrogens is 269 g/mol. The number of fused-ring (bicyclic) bond motifs is 2. The molecule has 0 radical (unpaired) electrons. The Morgan fingerprint density at radius 3 is 2.57 bits per heavy atom. The topological polar surface area (TPSA) is 29.5 Å². The Kier molecular flexibility index (Phi) is 3.70. The van der Waals surface area contributed by atoms with E-state index in [1.165, 1.54) is 11.6 Å². The number of hydrogen-bond donors (Lipinski definition) is 0. The second kappa shape index (κ2) is 5.51. The number of ether oxygens (including phenoxy) is 1. The summed E-state index contributed by atoms with van der Waals surface area (Å²) in [6, 6.07) is 6.67. The van der Waals surface area contributed by atoms with Gasteiger partial charge in [0.2, 0.25) is 0 Å². The van der Waals surface area contributed by atoms with Gasteiger partial charge in [-0.2, -0.15) is 0 Å². The van der Waals surface area contributed by atoms with Gasteiger partial charge in [0.1, 0.15) is 0 Å². The van der Waals surface area contributed by atoms with Crippen molar-refractivity contribution in [3.8, 4) is 5.75 Å². The maximum Gasteiger partial charge on any atom is 0.263 e. The molecule has 1 aromatic carbocycles. The van der Waals surface area contributed by atoms with Gasteiger partial charge in [-0.1, -0.05) is 24.3 Å². The van der Waals surface area contributed by atoms with Crippen molar-refractivity contribution in [2.45, 2.75) is 50.8 Å². The quantitative estimate of drug-likeness (QED) is 0.799. The molecule has 2 fully saturated rings. The molecule has 112 valence electrons. The van der Waals surface area contributed by atoms with Crippen molar-refractivity contribution in [3.63, 3.8) is 0 Å². The summed E-state index contributed by atoms with van der Waals surface area (Å²) in [4.78, 5) is 14.6. The lowest BCUT2D eigenvalue weighted by Crippen LogP contribution is -2.49. The molecule has 2 heterocycles. The molecule has 0 N–H and O–H groups in total. The summed E-state index contributed by atoms with van der Waals surface area (Å²) >= 11 is 0. The van der Waals surface area contributed by atoms with Gasteiger partial charge in [-0.15, -0.1) is 0 Å². The minimum atomic E-state index is -0.670. The first kappa shape index (κ1) is 14.1. The molecule has 4 heteroatoms. The minimum absolute atomic E-state index is 0.0433. The molecule has 0 saturated carbocycles. The number of benzene rings is 1. The summed E-state index contributed by atoms with van der Waals surface area (Å²) in [5, 5.41) is 0. The SMILES string of the molecule is C=C1CC2CCC(C1)N2C(=O)C(C)Oc1ccccc1F. The fourth-order valence-electron chi connectivity index (χ4n) is 3.46. The number of carbonyl (C=O) groups excluding carboxylic acids is 1. The van der Waals surface area contributed by atoms with E-state index in [1.807, 2.05) is 4.90 Å². The van der Waals surface area contributed by atoms with Crippen molar-refractivity contribution in [2.75, 3.05) is 0 Å². The molecule has 1 amide bonds. The van der Waals surface area contributed by atoms with E-state index in [-0.39, 0.29) is 23.7 Å². The second-order valence-corrected chi connectivity index (χ2v) is 5.98. The molecule has 2 aliphatic heterocycles. The number of para-hydroxylation sites is 1. The normalized spacial score (nSPS) is 25.8.